The van der Waals surface area contributed by atoms with Crippen molar-refractivity contribution in [1.82, 2.24) is 4.90 Å². The van der Waals surface area contributed by atoms with Gasteiger partial charge in [-0.1, -0.05) is 38.1 Å². The molecule has 0 spiro atoms. The van der Waals surface area contributed by atoms with Gasteiger partial charge in [0.15, 0.2) is 6.61 Å². The minimum atomic E-state index is -4.60. The molecule has 0 bridgehead atoms. The second kappa shape index (κ2) is 9.65. The molecule has 162 valence electrons. The van der Waals surface area contributed by atoms with Gasteiger partial charge in [0.05, 0.1) is 17.8 Å². The van der Waals surface area contributed by atoms with Crippen LogP contribution in [0.3, 0.4) is 0 Å². The number of hydrogen-bond acceptors (Lipinski definition) is 3. The van der Waals surface area contributed by atoms with E-state index in [0.29, 0.717) is 5.75 Å². The predicted octanol–water partition coefficient (Wildman–Crippen LogP) is 4.61. The fourth-order valence-electron chi connectivity index (χ4n) is 2.83. The number of hydrogen-bond donors (Lipinski definition) is 1. The van der Waals surface area contributed by atoms with Crippen molar-refractivity contribution in [2.75, 3.05) is 25.5 Å². The zero-order valence-electron chi connectivity index (χ0n) is 17.3. The summed E-state index contributed by atoms with van der Waals surface area (Å²) in [5, 5.41) is 2.21. The summed E-state index contributed by atoms with van der Waals surface area (Å²) in [7, 11) is 1.39. The van der Waals surface area contributed by atoms with Gasteiger partial charge in [-0.05, 0) is 42.2 Å². The molecule has 2 amide bonds. The van der Waals surface area contributed by atoms with Crippen molar-refractivity contribution in [2.24, 2.45) is 0 Å². The maximum Gasteiger partial charge on any atom is 0.418 e. The van der Waals surface area contributed by atoms with Crippen LogP contribution in [0.25, 0.3) is 0 Å². The molecule has 0 radical (unpaired) electrons. The number of carbonyl (C=O) groups excluding carboxylic acids is 2. The largest absolute Gasteiger partial charge is 0.483 e. The molecule has 0 unspecified atom stereocenters. The Labute approximate surface area is 173 Å². The summed E-state index contributed by atoms with van der Waals surface area (Å²) in [4.78, 5) is 25.6. The normalized spacial score (nSPS) is 11.3. The summed E-state index contributed by atoms with van der Waals surface area (Å²) in [5.41, 5.74) is 0.639. The van der Waals surface area contributed by atoms with Gasteiger partial charge in [-0.15, -0.1) is 0 Å². The zero-order valence-corrected chi connectivity index (χ0v) is 17.3. The molecule has 0 aliphatic rings. The summed E-state index contributed by atoms with van der Waals surface area (Å²) in [6, 6.07) is 10.4. The number of anilines is 1. The number of likely N-dealkylation sites (N-methyl/N-ethyl adjacent to an activating group) is 1. The fraction of sp³-hybridized carbons (Fsp3) is 0.364. The molecule has 2 rings (SSSR count). The van der Waals surface area contributed by atoms with E-state index in [0.717, 1.165) is 28.2 Å². The van der Waals surface area contributed by atoms with E-state index < -0.39 is 30.1 Å². The summed E-state index contributed by atoms with van der Waals surface area (Å²) in [6.45, 7) is 5.24. The number of rotatable bonds is 7. The van der Waals surface area contributed by atoms with Gasteiger partial charge < -0.3 is 15.0 Å². The van der Waals surface area contributed by atoms with Crippen molar-refractivity contribution in [3.63, 3.8) is 0 Å². The highest BCUT2D eigenvalue weighted by atomic mass is 19.4. The van der Waals surface area contributed by atoms with Gasteiger partial charge in [0.1, 0.15) is 5.75 Å². The maximum atomic E-state index is 13.0. The van der Waals surface area contributed by atoms with Gasteiger partial charge in [-0.3, -0.25) is 9.59 Å². The number of carbonyl (C=O) groups is 2. The highest BCUT2D eigenvalue weighted by Crippen LogP contribution is 2.34. The molecule has 5 nitrogen and oxygen atoms in total. The number of nitrogens with zero attached hydrogens (tertiary/aromatic N) is 1. The van der Waals surface area contributed by atoms with Crippen LogP contribution in [0.2, 0.25) is 0 Å². The molecule has 0 aliphatic heterocycles. The molecule has 0 fully saturated rings. The molecule has 0 heterocycles. The van der Waals surface area contributed by atoms with Crippen molar-refractivity contribution in [3.05, 3.63) is 59.2 Å². The Morgan fingerprint density at radius 1 is 1.13 bits per heavy atom. The molecule has 0 aliphatic carbocycles. The van der Waals surface area contributed by atoms with Crippen molar-refractivity contribution in [3.8, 4) is 5.75 Å². The van der Waals surface area contributed by atoms with Crippen LogP contribution in [0.1, 0.15) is 36.5 Å². The predicted molar refractivity (Wildman–Crippen MR) is 108 cm³/mol. The number of alkyl halides is 3. The van der Waals surface area contributed by atoms with E-state index in [-0.39, 0.29) is 18.2 Å². The van der Waals surface area contributed by atoms with Crippen LogP contribution < -0.4 is 10.1 Å². The Morgan fingerprint density at radius 2 is 1.80 bits per heavy atom. The van der Waals surface area contributed by atoms with E-state index in [1.807, 2.05) is 39.0 Å². The lowest BCUT2D eigenvalue weighted by atomic mass is 10.0. The number of ether oxygens (including phenoxy) is 1. The van der Waals surface area contributed by atoms with E-state index in [4.69, 9.17) is 4.74 Å². The minimum Gasteiger partial charge on any atom is -0.483 e. The molecule has 1 N–H and O–H groups in total. The lowest BCUT2D eigenvalue weighted by molar-refractivity contribution is -0.137. The zero-order chi connectivity index (χ0) is 22.5. The third kappa shape index (κ3) is 6.23. The van der Waals surface area contributed by atoms with Crippen LogP contribution in [0.4, 0.5) is 18.9 Å². The van der Waals surface area contributed by atoms with E-state index in [9.17, 15) is 22.8 Å². The van der Waals surface area contributed by atoms with Crippen LogP contribution in [-0.4, -0.2) is 36.9 Å². The van der Waals surface area contributed by atoms with Crippen molar-refractivity contribution in [1.29, 1.82) is 0 Å². The third-order valence-electron chi connectivity index (χ3n) is 4.46. The first-order chi connectivity index (χ1) is 14.0. The van der Waals surface area contributed by atoms with E-state index in [1.165, 1.54) is 19.2 Å². The topological polar surface area (TPSA) is 58.6 Å². The molecule has 0 aromatic heterocycles. The summed E-state index contributed by atoms with van der Waals surface area (Å²) < 4.78 is 44.8. The lowest BCUT2D eigenvalue weighted by Gasteiger charge is -2.20. The van der Waals surface area contributed by atoms with E-state index in [2.05, 4.69) is 5.32 Å². The Bertz CT molecular complexity index is 911. The van der Waals surface area contributed by atoms with Crippen molar-refractivity contribution in [2.45, 2.75) is 32.9 Å². The highest BCUT2D eigenvalue weighted by molar-refractivity contribution is 5.95. The average molecular weight is 422 g/mol. The van der Waals surface area contributed by atoms with Gasteiger partial charge in [0.2, 0.25) is 5.91 Å². The number of para-hydroxylation sites is 1. The van der Waals surface area contributed by atoms with Crippen LogP contribution in [0.15, 0.2) is 42.5 Å². The van der Waals surface area contributed by atoms with Crippen LogP contribution in [-0.2, 0) is 15.8 Å². The van der Waals surface area contributed by atoms with Gasteiger partial charge in [-0.2, -0.15) is 13.2 Å². The van der Waals surface area contributed by atoms with Gasteiger partial charge in [-0.25, -0.2) is 0 Å². The standard InChI is InChI=1S/C22H25F3N2O3/c1-14(2)16-10-9-15(3)11-19(16)30-13-21(29)27(4)12-20(28)26-18-8-6-5-7-17(18)22(23,24)25/h5-11,14H,12-13H2,1-4H3,(H,26,28). The highest BCUT2D eigenvalue weighted by Gasteiger charge is 2.33. The number of nitrogens with one attached hydrogen (secondary N) is 1. The number of halogens is 3. The van der Waals surface area contributed by atoms with Crippen molar-refractivity contribution >= 4 is 17.5 Å². The lowest BCUT2D eigenvalue weighted by Crippen LogP contribution is -2.38. The minimum absolute atomic E-state index is 0.202. The Kier molecular flexibility index (Phi) is 7.48. The van der Waals surface area contributed by atoms with E-state index >= 15 is 0 Å². The molecular formula is C22H25F3N2O3. The SMILES string of the molecule is Cc1ccc(C(C)C)c(OCC(=O)N(C)CC(=O)Nc2ccccc2C(F)(F)F)c1. The smallest absolute Gasteiger partial charge is 0.418 e. The fourth-order valence-corrected chi connectivity index (χ4v) is 2.83. The second-order valence-electron chi connectivity index (χ2n) is 7.33. The van der Waals surface area contributed by atoms with Gasteiger partial charge in [0.25, 0.3) is 5.91 Å². The first-order valence-electron chi connectivity index (χ1n) is 9.42. The second-order valence-corrected chi connectivity index (χ2v) is 7.33. The Balaban J connectivity index is 1.97. The Hall–Kier alpha value is -3.03. The average Bonchev–Trinajstić information content (AvgIpc) is 2.65. The van der Waals surface area contributed by atoms with Crippen LogP contribution in [0, 0.1) is 6.92 Å². The van der Waals surface area contributed by atoms with Gasteiger partial charge >= 0.3 is 6.18 Å². The molecule has 0 atom stereocenters. The molecule has 30 heavy (non-hydrogen) atoms. The number of amides is 2. The van der Waals surface area contributed by atoms with Crippen LogP contribution >= 0.6 is 0 Å². The Morgan fingerprint density at radius 3 is 2.43 bits per heavy atom. The summed E-state index contributed by atoms with van der Waals surface area (Å²) >= 11 is 0. The first-order valence-corrected chi connectivity index (χ1v) is 9.42. The molecular weight excluding hydrogens is 397 g/mol. The van der Waals surface area contributed by atoms with Crippen LogP contribution in [0.5, 0.6) is 5.75 Å². The molecule has 2 aromatic carbocycles. The number of aryl methyl sites for hydroxylation is 1. The molecule has 0 saturated carbocycles. The third-order valence-corrected chi connectivity index (χ3v) is 4.46. The monoisotopic (exact) mass is 422 g/mol. The molecule has 2 aromatic rings. The van der Waals surface area contributed by atoms with Gasteiger partial charge in [0, 0.05) is 7.05 Å². The first kappa shape index (κ1) is 23.3. The summed E-state index contributed by atoms with van der Waals surface area (Å²) in [6.07, 6.45) is -4.60. The van der Waals surface area contributed by atoms with Crippen molar-refractivity contribution < 1.29 is 27.5 Å². The molecule has 8 heteroatoms. The molecule has 0 saturated heterocycles. The summed E-state index contributed by atoms with van der Waals surface area (Å²) in [5.74, 6) is -0.408. The number of benzene rings is 2. The van der Waals surface area contributed by atoms with E-state index in [1.54, 1.807) is 0 Å². The quantitative estimate of drug-likeness (QED) is 0.709. The maximum absolute atomic E-state index is 13.0.